The molecule has 2 aromatic heterocycles. The normalized spacial score (nSPS) is 12.9. The number of anilines is 6. The van der Waals surface area contributed by atoms with Crippen molar-refractivity contribution in [2.24, 2.45) is 0 Å². The van der Waals surface area contributed by atoms with Crippen LogP contribution in [0.1, 0.15) is 25.0 Å². The number of oxazole rings is 1. The number of para-hydroxylation sites is 3. The SMILES string of the molecule is CC1(C)c2cc3ccccc3cc2-c2ccc3c(ccc4nc(-c5ccc(N(c6cccc(N(c7ccccc7)c7ccccc7)c6)c6ccc7oc8ccccc8c7c6)cc5)oc43)c21. The maximum Gasteiger partial charge on any atom is 0.227 e. The number of furan rings is 1. The largest absolute Gasteiger partial charge is 0.456 e. The number of benzene rings is 10. The van der Waals surface area contributed by atoms with Crippen molar-refractivity contribution in [3.05, 3.63) is 223 Å². The van der Waals surface area contributed by atoms with Crippen LogP contribution in [0, 0.1) is 0 Å². The molecule has 13 rings (SSSR count). The molecule has 0 spiro atoms. The molecule has 0 radical (unpaired) electrons. The fourth-order valence-corrected chi connectivity index (χ4v) is 10.4. The van der Waals surface area contributed by atoms with Gasteiger partial charge in [-0.05, 0) is 154 Å². The molecule has 5 heteroatoms. The number of fused-ring (bicyclic) bond motifs is 11. The summed E-state index contributed by atoms with van der Waals surface area (Å²) in [5.41, 5.74) is 15.6. The third-order valence-corrected chi connectivity index (χ3v) is 13.4. The highest BCUT2D eigenvalue weighted by Gasteiger charge is 2.37. The first kappa shape index (κ1) is 37.2. The minimum Gasteiger partial charge on any atom is -0.456 e. The van der Waals surface area contributed by atoms with Gasteiger partial charge in [-0.15, -0.1) is 0 Å². The number of rotatable bonds is 7. The van der Waals surface area contributed by atoms with Crippen molar-refractivity contribution in [2.75, 3.05) is 9.80 Å². The molecule has 0 saturated carbocycles. The van der Waals surface area contributed by atoms with E-state index in [1.54, 1.807) is 0 Å². The minimum absolute atomic E-state index is 0.178. The van der Waals surface area contributed by atoms with Crippen molar-refractivity contribution in [1.29, 1.82) is 0 Å². The third kappa shape index (κ3) is 5.89. The topological polar surface area (TPSA) is 45.7 Å². The van der Waals surface area contributed by atoms with Gasteiger partial charge >= 0.3 is 0 Å². The third-order valence-electron chi connectivity index (χ3n) is 13.4. The van der Waals surface area contributed by atoms with Gasteiger partial charge in [-0.3, -0.25) is 0 Å². The maximum absolute atomic E-state index is 6.77. The number of hydrogen-bond acceptors (Lipinski definition) is 5. The predicted molar refractivity (Wildman–Crippen MR) is 269 cm³/mol. The first-order valence-electron chi connectivity index (χ1n) is 22.2. The lowest BCUT2D eigenvalue weighted by molar-refractivity contribution is 0.623. The van der Waals surface area contributed by atoms with Crippen LogP contribution in [0.25, 0.3) is 77.2 Å². The van der Waals surface area contributed by atoms with Crippen LogP contribution < -0.4 is 9.80 Å². The van der Waals surface area contributed by atoms with E-state index in [0.29, 0.717) is 5.89 Å². The van der Waals surface area contributed by atoms with Crippen molar-refractivity contribution >= 4 is 88.7 Å². The molecule has 0 amide bonds. The van der Waals surface area contributed by atoms with Gasteiger partial charge in [0.2, 0.25) is 5.89 Å². The van der Waals surface area contributed by atoms with Gasteiger partial charge in [0.1, 0.15) is 16.7 Å². The molecule has 1 aliphatic carbocycles. The summed E-state index contributed by atoms with van der Waals surface area (Å²) >= 11 is 0. The molecule has 0 fully saturated rings. The van der Waals surface area contributed by atoms with E-state index in [1.165, 1.54) is 38.4 Å². The Morgan fingerprint density at radius 2 is 0.985 bits per heavy atom. The van der Waals surface area contributed by atoms with Gasteiger partial charge in [-0.1, -0.05) is 111 Å². The highest BCUT2D eigenvalue weighted by Crippen LogP contribution is 2.53. The molecule has 0 unspecified atom stereocenters. The van der Waals surface area contributed by atoms with Gasteiger partial charge in [0.05, 0.1) is 0 Å². The Hall–Kier alpha value is -8.41. The Morgan fingerprint density at radius 1 is 0.400 bits per heavy atom. The van der Waals surface area contributed by atoms with Crippen LogP contribution >= 0.6 is 0 Å². The van der Waals surface area contributed by atoms with Crippen LogP contribution in [0.3, 0.4) is 0 Å². The van der Waals surface area contributed by atoms with Crippen LogP contribution in [0.2, 0.25) is 0 Å². The average molecular weight is 836 g/mol. The minimum atomic E-state index is -0.178. The van der Waals surface area contributed by atoms with Gasteiger partial charge in [0, 0.05) is 61.3 Å². The summed E-state index contributed by atoms with van der Waals surface area (Å²) in [6.07, 6.45) is 0. The Morgan fingerprint density at radius 3 is 1.74 bits per heavy atom. The summed E-state index contributed by atoms with van der Waals surface area (Å²) in [6, 6.07) is 75.3. The summed E-state index contributed by atoms with van der Waals surface area (Å²) in [6.45, 7) is 4.70. The number of hydrogen-bond donors (Lipinski definition) is 0. The van der Waals surface area contributed by atoms with Crippen molar-refractivity contribution in [2.45, 2.75) is 19.3 Å². The first-order valence-corrected chi connectivity index (χ1v) is 22.2. The summed E-state index contributed by atoms with van der Waals surface area (Å²) in [5, 5.41) is 6.97. The molecule has 1 aliphatic rings. The molecule has 5 nitrogen and oxygen atoms in total. The summed E-state index contributed by atoms with van der Waals surface area (Å²) < 4.78 is 13.1. The molecule has 12 aromatic rings. The predicted octanol–water partition coefficient (Wildman–Crippen LogP) is 16.9. The fraction of sp³-hybridized carbons (Fsp3) is 0.0500. The Labute approximate surface area is 376 Å². The van der Waals surface area contributed by atoms with Gasteiger partial charge in [0.15, 0.2) is 5.58 Å². The molecule has 0 atom stereocenters. The lowest BCUT2D eigenvalue weighted by atomic mass is 9.80. The van der Waals surface area contributed by atoms with Gasteiger partial charge in [-0.2, -0.15) is 0 Å². The van der Waals surface area contributed by atoms with Crippen LogP contribution in [0.4, 0.5) is 34.1 Å². The van der Waals surface area contributed by atoms with E-state index >= 15 is 0 Å². The smallest absolute Gasteiger partial charge is 0.227 e. The summed E-state index contributed by atoms with van der Waals surface area (Å²) in [5.74, 6) is 0.592. The molecule has 10 aromatic carbocycles. The van der Waals surface area contributed by atoms with Crippen LogP contribution in [-0.4, -0.2) is 4.98 Å². The molecule has 0 N–H and O–H groups in total. The monoisotopic (exact) mass is 835 g/mol. The average Bonchev–Trinajstić information content (AvgIpc) is 4.02. The Kier molecular flexibility index (Phi) is 8.18. The van der Waals surface area contributed by atoms with Crippen LogP contribution in [0.5, 0.6) is 0 Å². The lowest BCUT2D eigenvalue weighted by Crippen LogP contribution is -2.15. The van der Waals surface area contributed by atoms with E-state index in [2.05, 4.69) is 224 Å². The Bertz CT molecular complexity index is 3770. The standard InChI is InChI=1S/C60H41N3O2/c1-60(2)53-35-40-15-10-9-14-39(40)34-51(53)49-29-30-50-48(57(49)60)31-32-54-58(50)65-59(61-54)38-24-26-43(27-25-38)63(46-28-33-56-52(37-46)47-22-11-12-23-55(47)64-56)45-21-13-20-44(36-45)62(41-16-5-3-6-17-41)42-18-7-4-8-19-42/h3-37H,1-2H3. The fourth-order valence-electron chi connectivity index (χ4n) is 10.4. The van der Waals surface area contributed by atoms with Crippen molar-refractivity contribution in [1.82, 2.24) is 4.98 Å². The zero-order chi connectivity index (χ0) is 43.2. The highest BCUT2D eigenvalue weighted by molar-refractivity contribution is 6.10. The Balaban J connectivity index is 0.916. The second kappa shape index (κ2) is 14.3. The highest BCUT2D eigenvalue weighted by atomic mass is 16.3. The van der Waals surface area contributed by atoms with E-state index < -0.39 is 0 Å². The van der Waals surface area contributed by atoms with E-state index in [-0.39, 0.29) is 5.41 Å². The summed E-state index contributed by atoms with van der Waals surface area (Å²) in [7, 11) is 0. The van der Waals surface area contributed by atoms with E-state index in [0.717, 1.165) is 78.1 Å². The molecule has 308 valence electrons. The number of aromatic nitrogens is 1. The molecule has 0 saturated heterocycles. The molecule has 0 bridgehead atoms. The van der Waals surface area contributed by atoms with E-state index in [1.807, 2.05) is 12.1 Å². The van der Waals surface area contributed by atoms with E-state index in [4.69, 9.17) is 13.8 Å². The van der Waals surface area contributed by atoms with Crippen molar-refractivity contribution in [3.63, 3.8) is 0 Å². The van der Waals surface area contributed by atoms with Crippen LogP contribution in [-0.2, 0) is 5.41 Å². The molecule has 0 aliphatic heterocycles. The molecular weight excluding hydrogens is 795 g/mol. The maximum atomic E-state index is 6.77. The zero-order valence-electron chi connectivity index (χ0n) is 35.9. The quantitative estimate of drug-likeness (QED) is 0.160. The van der Waals surface area contributed by atoms with Gasteiger partial charge in [0.25, 0.3) is 0 Å². The molecular formula is C60H41N3O2. The number of nitrogens with zero attached hydrogens (tertiary/aromatic N) is 3. The second-order valence-corrected chi connectivity index (χ2v) is 17.6. The first-order chi connectivity index (χ1) is 32.0. The second-order valence-electron chi connectivity index (χ2n) is 17.6. The van der Waals surface area contributed by atoms with Gasteiger partial charge < -0.3 is 18.6 Å². The van der Waals surface area contributed by atoms with Crippen molar-refractivity contribution < 1.29 is 8.83 Å². The molecule has 2 heterocycles. The zero-order valence-corrected chi connectivity index (χ0v) is 35.9. The lowest BCUT2D eigenvalue weighted by Gasteiger charge is -2.29. The van der Waals surface area contributed by atoms with Crippen LogP contribution in [0.15, 0.2) is 221 Å². The van der Waals surface area contributed by atoms with E-state index in [9.17, 15) is 0 Å². The van der Waals surface area contributed by atoms with Crippen molar-refractivity contribution in [3.8, 4) is 22.6 Å². The molecule has 65 heavy (non-hydrogen) atoms. The van der Waals surface area contributed by atoms with Gasteiger partial charge in [-0.25, -0.2) is 4.98 Å². The summed E-state index contributed by atoms with van der Waals surface area (Å²) in [4.78, 5) is 9.69.